The van der Waals surface area contributed by atoms with Crippen LogP contribution < -0.4 is 5.32 Å². The van der Waals surface area contributed by atoms with Crippen LogP contribution in [0.1, 0.15) is 26.7 Å². The normalized spacial score (nSPS) is 19.7. The van der Waals surface area contributed by atoms with Crippen LogP contribution in [-0.4, -0.2) is 74.6 Å². The topological polar surface area (TPSA) is 61.9 Å². The number of rotatable bonds is 8. The smallest absolute Gasteiger partial charge is 0.237 e. The fourth-order valence-electron chi connectivity index (χ4n) is 2.35. The zero-order valence-electron chi connectivity index (χ0n) is 13.7. The first-order valence-electron chi connectivity index (χ1n) is 7.70. The number of nitrogens with zero attached hydrogens (tertiary/aromatic N) is 2. The maximum Gasteiger partial charge on any atom is 0.237 e. The molecule has 21 heavy (non-hydrogen) atoms. The van der Waals surface area contributed by atoms with Crippen molar-refractivity contribution in [2.75, 3.05) is 46.9 Å². The van der Waals surface area contributed by atoms with E-state index in [-0.39, 0.29) is 24.3 Å². The maximum absolute atomic E-state index is 12.2. The van der Waals surface area contributed by atoms with Crippen molar-refractivity contribution < 1.29 is 14.3 Å². The van der Waals surface area contributed by atoms with Gasteiger partial charge in [-0.05, 0) is 18.9 Å². The maximum atomic E-state index is 12.2. The van der Waals surface area contributed by atoms with Crippen molar-refractivity contribution in [2.24, 2.45) is 5.92 Å². The third kappa shape index (κ3) is 6.01. The van der Waals surface area contributed by atoms with Crippen molar-refractivity contribution in [2.45, 2.75) is 32.7 Å². The summed E-state index contributed by atoms with van der Waals surface area (Å²) < 4.78 is 4.98. The fraction of sp³-hybridized carbons (Fsp3) is 0.867. The van der Waals surface area contributed by atoms with Gasteiger partial charge < -0.3 is 15.0 Å². The molecule has 1 fully saturated rings. The molecule has 0 aromatic rings. The van der Waals surface area contributed by atoms with Gasteiger partial charge in [-0.1, -0.05) is 13.8 Å². The van der Waals surface area contributed by atoms with Crippen LogP contribution >= 0.6 is 0 Å². The molecule has 1 aliphatic heterocycles. The molecule has 6 heteroatoms. The van der Waals surface area contributed by atoms with Gasteiger partial charge in [0.2, 0.25) is 11.8 Å². The summed E-state index contributed by atoms with van der Waals surface area (Å²) in [6.07, 6.45) is 1.28. The summed E-state index contributed by atoms with van der Waals surface area (Å²) >= 11 is 0. The molecule has 1 aliphatic rings. The second kappa shape index (κ2) is 9.00. The van der Waals surface area contributed by atoms with Gasteiger partial charge in [0, 0.05) is 33.8 Å². The summed E-state index contributed by atoms with van der Waals surface area (Å²) in [4.78, 5) is 28.1. The Kier molecular flexibility index (Phi) is 7.67. The number of ether oxygens (including phenoxy) is 1. The van der Waals surface area contributed by atoms with Gasteiger partial charge >= 0.3 is 0 Å². The minimum atomic E-state index is -0.338. The van der Waals surface area contributed by atoms with Gasteiger partial charge in [-0.15, -0.1) is 0 Å². The monoisotopic (exact) mass is 299 g/mol. The molecule has 2 amide bonds. The van der Waals surface area contributed by atoms with Crippen LogP contribution in [0.2, 0.25) is 0 Å². The minimum Gasteiger partial charge on any atom is -0.383 e. The van der Waals surface area contributed by atoms with Crippen molar-refractivity contribution in [3.8, 4) is 0 Å². The van der Waals surface area contributed by atoms with Crippen LogP contribution in [0.25, 0.3) is 0 Å². The van der Waals surface area contributed by atoms with Crippen molar-refractivity contribution in [3.63, 3.8) is 0 Å². The molecule has 0 radical (unpaired) electrons. The summed E-state index contributed by atoms with van der Waals surface area (Å²) in [5, 5.41) is 2.86. The van der Waals surface area contributed by atoms with Crippen molar-refractivity contribution in [3.05, 3.63) is 0 Å². The molecular weight excluding hydrogens is 270 g/mol. The summed E-state index contributed by atoms with van der Waals surface area (Å²) in [5.74, 6) is 0.554. The highest BCUT2D eigenvalue weighted by Crippen LogP contribution is 2.13. The van der Waals surface area contributed by atoms with Crippen LogP contribution in [0, 0.1) is 5.92 Å². The Morgan fingerprint density at radius 3 is 2.86 bits per heavy atom. The zero-order valence-corrected chi connectivity index (χ0v) is 13.7. The van der Waals surface area contributed by atoms with E-state index in [0.717, 1.165) is 19.5 Å². The van der Waals surface area contributed by atoms with Gasteiger partial charge in [0.15, 0.2) is 0 Å². The van der Waals surface area contributed by atoms with Gasteiger partial charge in [-0.25, -0.2) is 0 Å². The van der Waals surface area contributed by atoms with Gasteiger partial charge in [-0.3, -0.25) is 14.5 Å². The third-order valence-corrected chi connectivity index (χ3v) is 3.86. The Bertz CT molecular complexity index is 347. The number of amides is 2. The second-order valence-corrected chi connectivity index (χ2v) is 6.04. The minimum absolute atomic E-state index is 0.0105. The third-order valence-electron chi connectivity index (χ3n) is 3.86. The van der Waals surface area contributed by atoms with Gasteiger partial charge in [0.1, 0.15) is 0 Å². The number of nitrogens with one attached hydrogen (secondary N) is 1. The SMILES string of the molecule is COCCN(C)C(=O)CC1C(=O)NCCN1CCC(C)C. The number of carbonyl (C=O) groups excluding carboxylic acids is 2. The van der Waals surface area contributed by atoms with E-state index >= 15 is 0 Å². The Balaban J connectivity index is 2.57. The molecule has 1 unspecified atom stereocenters. The highest BCUT2D eigenvalue weighted by molar-refractivity contribution is 5.88. The number of methoxy groups -OCH3 is 1. The summed E-state index contributed by atoms with van der Waals surface area (Å²) in [7, 11) is 3.36. The standard InChI is InChI=1S/C15H29N3O3/c1-12(2)5-7-18-8-6-16-15(20)13(18)11-14(19)17(3)9-10-21-4/h12-13H,5-11H2,1-4H3,(H,16,20). The number of hydrogen-bond donors (Lipinski definition) is 1. The molecule has 1 heterocycles. The molecular formula is C15H29N3O3. The molecule has 0 saturated carbocycles. The lowest BCUT2D eigenvalue weighted by Gasteiger charge is -2.35. The Morgan fingerprint density at radius 1 is 1.52 bits per heavy atom. The molecule has 6 nitrogen and oxygen atoms in total. The van der Waals surface area contributed by atoms with Crippen LogP contribution in [0.15, 0.2) is 0 Å². The average molecular weight is 299 g/mol. The number of carbonyl (C=O) groups is 2. The summed E-state index contributed by atoms with van der Waals surface area (Å²) in [6.45, 7) is 7.75. The highest BCUT2D eigenvalue weighted by atomic mass is 16.5. The van der Waals surface area contributed by atoms with Gasteiger partial charge in [0.05, 0.1) is 19.1 Å². The first kappa shape index (κ1) is 17.9. The van der Waals surface area contributed by atoms with E-state index in [1.165, 1.54) is 0 Å². The number of likely N-dealkylation sites (N-methyl/N-ethyl adjacent to an activating group) is 1. The molecule has 1 atom stereocenters. The largest absolute Gasteiger partial charge is 0.383 e. The molecule has 0 aromatic carbocycles. The molecule has 0 aromatic heterocycles. The lowest BCUT2D eigenvalue weighted by molar-refractivity contribution is -0.138. The quantitative estimate of drug-likeness (QED) is 0.701. The first-order valence-corrected chi connectivity index (χ1v) is 7.70. The number of piperazine rings is 1. The predicted octanol–water partition coefficient (Wildman–Crippen LogP) is 0.328. The summed E-state index contributed by atoms with van der Waals surface area (Å²) in [5.41, 5.74) is 0. The van der Waals surface area contributed by atoms with Crippen LogP contribution in [0.3, 0.4) is 0 Å². The lowest BCUT2D eigenvalue weighted by Crippen LogP contribution is -2.56. The summed E-state index contributed by atoms with van der Waals surface area (Å²) in [6, 6.07) is -0.338. The molecule has 1 N–H and O–H groups in total. The van der Waals surface area contributed by atoms with E-state index in [9.17, 15) is 9.59 Å². The molecule has 0 aliphatic carbocycles. The van der Waals surface area contributed by atoms with Crippen molar-refractivity contribution in [1.29, 1.82) is 0 Å². The van der Waals surface area contributed by atoms with E-state index in [0.29, 0.717) is 25.6 Å². The average Bonchev–Trinajstić information content (AvgIpc) is 2.45. The van der Waals surface area contributed by atoms with Gasteiger partial charge in [-0.2, -0.15) is 0 Å². The number of hydrogen-bond acceptors (Lipinski definition) is 4. The fourth-order valence-corrected chi connectivity index (χ4v) is 2.35. The van der Waals surface area contributed by atoms with Crippen LogP contribution in [0.4, 0.5) is 0 Å². The van der Waals surface area contributed by atoms with E-state index in [2.05, 4.69) is 24.1 Å². The van der Waals surface area contributed by atoms with Crippen molar-refractivity contribution >= 4 is 11.8 Å². The Labute approximate surface area is 127 Å². The Morgan fingerprint density at radius 2 is 2.24 bits per heavy atom. The Hall–Kier alpha value is -1.14. The van der Waals surface area contributed by atoms with E-state index < -0.39 is 0 Å². The van der Waals surface area contributed by atoms with E-state index in [1.54, 1.807) is 19.1 Å². The molecule has 122 valence electrons. The lowest BCUT2D eigenvalue weighted by atomic mass is 10.1. The zero-order chi connectivity index (χ0) is 15.8. The molecule has 1 rings (SSSR count). The van der Waals surface area contributed by atoms with Gasteiger partial charge in [0.25, 0.3) is 0 Å². The van der Waals surface area contributed by atoms with Crippen molar-refractivity contribution in [1.82, 2.24) is 15.1 Å². The van der Waals surface area contributed by atoms with E-state index in [1.807, 2.05) is 0 Å². The molecule has 1 saturated heterocycles. The van der Waals surface area contributed by atoms with Crippen LogP contribution in [-0.2, 0) is 14.3 Å². The predicted molar refractivity (Wildman–Crippen MR) is 82.0 cm³/mol. The van der Waals surface area contributed by atoms with E-state index in [4.69, 9.17) is 4.74 Å². The molecule has 0 spiro atoms. The van der Waals surface area contributed by atoms with Crippen LogP contribution in [0.5, 0.6) is 0 Å². The highest BCUT2D eigenvalue weighted by Gasteiger charge is 2.32. The molecule has 0 bridgehead atoms. The second-order valence-electron chi connectivity index (χ2n) is 6.04. The first-order chi connectivity index (χ1) is 9.95.